The number of hydrogen-bond acceptors (Lipinski definition) is 4. The second-order valence-electron chi connectivity index (χ2n) is 4.27. The fourth-order valence-electron chi connectivity index (χ4n) is 1.39. The number of nitrogens with one attached hydrogen (secondary N) is 1. The Kier molecular flexibility index (Phi) is 5.98. The van der Waals surface area contributed by atoms with Gasteiger partial charge in [0.2, 0.25) is 11.8 Å². The molecule has 0 radical (unpaired) electrons. The maximum atomic E-state index is 10.9. The van der Waals surface area contributed by atoms with E-state index in [-0.39, 0.29) is 11.9 Å². The molecule has 0 aromatic heterocycles. The van der Waals surface area contributed by atoms with Crippen LogP contribution in [-0.4, -0.2) is 30.4 Å². The molecule has 0 aromatic carbocycles. The highest BCUT2D eigenvalue weighted by atomic mass is 16.2. The summed E-state index contributed by atoms with van der Waals surface area (Å²) in [5, 5.41) is 2.82. The topological polar surface area (TPSA) is 124 Å². The van der Waals surface area contributed by atoms with Gasteiger partial charge in [0.1, 0.15) is 0 Å². The highest BCUT2D eigenvalue weighted by Gasteiger charge is 2.24. The lowest BCUT2D eigenvalue weighted by atomic mass is 9.94. The highest BCUT2D eigenvalue weighted by molar-refractivity contribution is 5.83. The molecule has 2 unspecified atom stereocenters. The number of hydrogen-bond donors (Lipinski definition) is 4. The van der Waals surface area contributed by atoms with Crippen LogP contribution in [-0.2, 0) is 9.59 Å². The minimum Gasteiger partial charge on any atom is -0.368 e. The molecule has 0 aliphatic heterocycles. The smallest absolute Gasteiger partial charge is 0.237 e. The van der Waals surface area contributed by atoms with Crippen molar-refractivity contribution in [3.8, 4) is 0 Å². The Morgan fingerprint density at radius 2 is 1.88 bits per heavy atom. The molecule has 0 aliphatic carbocycles. The van der Waals surface area contributed by atoms with Crippen LogP contribution in [0.1, 0.15) is 32.6 Å². The molecule has 0 aliphatic rings. The third-order valence-electron chi connectivity index (χ3n) is 2.69. The summed E-state index contributed by atoms with van der Waals surface area (Å²) >= 11 is 0. The van der Waals surface area contributed by atoms with Gasteiger partial charge in [0.15, 0.2) is 0 Å². The zero-order chi connectivity index (χ0) is 12.8. The molecule has 0 bridgehead atoms. The summed E-state index contributed by atoms with van der Waals surface area (Å²) in [6.07, 6.45) is 2.66. The summed E-state index contributed by atoms with van der Waals surface area (Å²) in [5.41, 5.74) is 15.0. The van der Waals surface area contributed by atoms with Crippen molar-refractivity contribution in [3.63, 3.8) is 0 Å². The van der Waals surface area contributed by atoms with Gasteiger partial charge in [0.25, 0.3) is 0 Å². The Morgan fingerprint density at radius 3 is 2.25 bits per heavy atom. The van der Waals surface area contributed by atoms with Crippen molar-refractivity contribution in [2.75, 3.05) is 7.05 Å². The van der Waals surface area contributed by atoms with E-state index in [9.17, 15) is 9.59 Å². The first-order chi connectivity index (χ1) is 7.31. The van der Waals surface area contributed by atoms with Crippen molar-refractivity contribution in [2.24, 2.45) is 17.2 Å². The Bertz CT molecular complexity index is 253. The SMILES string of the molecule is CNC(CCCCC(C)(N)C(N)=O)C(N)=O. The molecule has 2 amide bonds. The second kappa shape index (κ2) is 6.44. The number of likely N-dealkylation sites (N-methyl/N-ethyl adjacent to an activating group) is 1. The Labute approximate surface area is 95.9 Å². The van der Waals surface area contributed by atoms with E-state index < -0.39 is 11.4 Å². The Hall–Kier alpha value is -1.14. The van der Waals surface area contributed by atoms with E-state index in [2.05, 4.69) is 5.32 Å². The van der Waals surface area contributed by atoms with E-state index in [1.807, 2.05) is 0 Å². The van der Waals surface area contributed by atoms with Crippen molar-refractivity contribution in [1.82, 2.24) is 5.32 Å². The van der Waals surface area contributed by atoms with Gasteiger partial charge in [-0.2, -0.15) is 0 Å². The van der Waals surface area contributed by atoms with E-state index in [0.717, 1.165) is 12.8 Å². The van der Waals surface area contributed by atoms with Crippen LogP contribution < -0.4 is 22.5 Å². The molecule has 0 saturated heterocycles. The lowest BCUT2D eigenvalue weighted by Gasteiger charge is -2.20. The zero-order valence-electron chi connectivity index (χ0n) is 9.95. The van der Waals surface area contributed by atoms with Gasteiger partial charge in [-0.15, -0.1) is 0 Å². The summed E-state index contributed by atoms with van der Waals surface area (Å²) in [6, 6.07) is -0.322. The first-order valence-corrected chi connectivity index (χ1v) is 5.36. The fraction of sp³-hybridized carbons (Fsp3) is 0.800. The van der Waals surface area contributed by atoms with Crippen molar-refractivity contribution in [3.05, 3.63) is 0 Å². The summed E-state index contributed by atoms with van der Waals surface area (Å²) in [4.78, 5) is 21.8. The van der Waals surface area contributed by atoms with Crippen molar-refractivity contribution in [1.29, 1.82) is 0 Å². The van der Waals surface area contributed by atoms with E-state index in [4.69, 9.17) is 17.2 Å². The molecular weight excluding hydrogens is 208 g/mol. The third kappa shape index (κ3) is 5.09. The molecule has 2 atom stereocenters. The maximum Gasteiger partial charge on any atom is 0.237 e. The van der Waals surface area contributed by atoms with Crippen LogP contribution in [0.4, 0.5) is 0 Å². The average molecular weight is 230 g/mol. The third-order valence-corrected chi connectivity index (χ3v) is 2.69. The molecule has 0 spiro atoms. The van der Waals surface area contributed by atoms with E-state index in [0.29, 0.717) is 12.8 Å². The Balaban J connectivity index is 3.83. The number of amides is 2. The molecule has 94 valence electrons. The summed E-state index contributed by atoms with van der Waals surface area (Å²) in [7, 11) is 1.69. The normalized spacial score (nSPS) is 16.4. The van der Waals surface area contributed by atoms with E-state index in [1.54, 1.807) is 14.0 Å². The molecular formula is C10H22N4O2. The zero-order valence-corrected chi connectivity index (χ0v) is 9.95. The van der Waals surface area contributed by atoms with Gasteiger partial charge >= 0.3 is 0 Å². The molecule has 0 aromatic rings. The molecule has 6 heteroatoms. The van der Waals surface area contributed by atoms with E-state index >= 15 is 0 Å². The molecule has 0 heterocycles. The Morgan fingerprint density at radius 1 is 1.31 bits per heavy atom. The number of carbonyl (C=O) groups excluding carboxylic acids is 2. The van der Waals surface area contributed by atoms with Gasteiger partial charge in [-0.25, -0.2) is 0 Å². The first kappa shape index (κ1) is 14.9. The summed E-state index contributed by atoms with van der Waals surface area (Å²) in [5.74, 6) is -0.875. The molecule has 7 N–H and O–H groups in total. The largest absolute Gasteiger partial charge is 0.368 e. The van der Waals surface area contributed by atoms with E-state index in [1.165, 1.54) is 0 Å². The fourth-order valence-corrected chi connectivity index (χ4v) is 1.39. The molecule has 16 heavy (non-hydrogen) atoms. The molecule has 0 rings (SSSR count). The quantitative estimate of drug-likeness (QED) is 0.392. The van der Waals surface area contributed by atoms with Gasteiger partial charge in [-0.3, -0.25) is 9.59 Å². The standard InChI is InChI=1S/C10H22N4O2/c1-10(13,9(12)16)6-4-3-5-7(14-2)8(11)15/h7,14H,3-6,13H2,1-2H3,(H2,11,15)(H2,12,16). The summed E-state index contributed by atoms with van der Waals surface area (Å²) < 4.78 is 0. The second-order valence-corrected chi connectivity index (χ2v) is 4.27. The highest BCUT2D eigenvalue weighted by Crippen LogP contribution is 2.12. The van der Waals surface area contributed by atoms with Crippen molar-refractivity contribution < 1.29 is 9.59 Å². The van der Waals surface area contributed by atoms with Crippen molar-refractivity contribution >= 4 is 11.8 Å². The van der Waals surface area contributed by atoms with Crippen LogP contribution in [0, 0.1) is 0 Å². The molecule has 0 saturated carbocycles. The summed E-state index contributed by atoms with van der Waals surface area (Å²) in [6.45, 7) is 1.61. The number of unbranched alkanes of at least 4 members (excludes halogenated alkanes) is 1. The van der Waals surface area contributed by atoms with Crippen molar-refractivity contribution in [2.45, 2.75) is 44.2 Å². The van der Waals surface area contributed by atoms with Gasteiger partial charge in [-0.05, 0) is 26.8 Å². The molecule has 6 nitrogen and oxygen atoms in total. The van der Waals surface area contributed by atoms with Gasteiger partial charge in [-0.1, -0.05) is 12.8 Å². The average Bonchev–Trinajstić information content (AvgIpc) is 2.16. The van der Waals surface area contributed by atoms with Gasteiger partial charge in [0, 0.05) is 0 Å². The lowest BCUT2D eigenvalue weighted by Crippen LogP contribution is -2.49. The van der Waals surface area contributed by atoms with Crippen LogP contribution in [0.15, 0.2) is 0 Å². The minimum absolute atomic E-state index is 0.322. The lowest BCUT2D eigenvalue weighted by molar-refractivity contribution is -0.123. The number of nitrogens with two attached hydrogens (primary N) is 3. The van der Waals surface area contributed by atoms with Crippen LogP contribution in [0.2, 0.25) is 0 Å². The maximum absolute atomic E-state index is 10.9. The number of rotatable bonds is 8. The van der Waals surface area contributed by atoms with Gasteiger partial charge < -0.3 is 22.5 Å². The minimum atomic E-state index is -0.970. The number of carbonyl (C=O) groups is 2. The van der Waals surface area contributed by atoms with Gasteiger partial charge in [0.05, 0.1) is 11.6 Å². The van der Waals surface area contributed by atoms with Crippen LogP contribution in [0.3, 0.4) is 0 Å². The monoisotopic (exact) mass is 230 g/mol. The predicted molar refractivity (Wildman–Crippen MR) is 62.3 cm³/mol. The number of primary amides is 2. The predicted octanol–water partition coefficient (Wildman–Crippen LogP) is -1.18. The van der Waals surface area contributed by atoms with Crippen LogP contribution >= 0.6 is 0 Å². The first-order valence-electron chi connectivity index (χ1n) is 5.36. The van der Waals surface area contributed by atoms with Crippen LogP contribution in [0.5, 0.6) is 0 Å². The molecule has 0 fully saturated rings. The van der Waals surface area contributed by atoms with Crippen LogP contribution in [0.25, 0.3) is 0 Å².